The molecule has 1 aromatic rings. The third kappa shape index (κ3) is 36.9. The predicted octanol–water partition coefficient (Wildman–Crippen LogP) is 1.76. The molecule has 0 saturated heterocycles. The monoisotopic (exact) mass is 944 g/mol. The van der Waals surface area contributed by atoms with Crippen molar-refractivity contribution in [2.24, 2.45) is 16.8 Å². The molecule has 0 aliphatic heterocycles. The van der Waals surface area contributed by atoms with Gasteiger partial charge in [0, 0.05) is 30.1 Å². The zero-order valence-corrected chi connectivity index (χ0v) is 38.9. The van der Waals surface area contributed by atoms with E-state index in [-0.39, 0.29) is 44.4 Å². The Morgan fingerprint density at radius 3 is 1.38 bits per heavy atom. The topological polar surface area (TPSA) is 293 Å². The molecule has 0 spiro atoms. The highest BCUT2D eigenvalue weighted by Gasteiger charge is 2.29. The van der Waals surface area contributed by atoms with Gasteiger partial charge in [-0.2, -0.15) is 0 Å². The number of azide groups is 1. The van der Waals surface area contributed by atoms with Crippen molar-refractivity contribution in [1.29, 1.82) is 0 Å². The molecule has 0 unspecified atom stereocenters. The largest absolute Gasteiger partial charge is 0.379 e. The summed E-state index contributed by atoms with van der Waals surface area (Å²) in [5.74, 6) is -1.61. The second kappa shape index (κ2) is 43.3. The zero-order chi connectivity index (χ0) is 48.1. The van der Waals surface area contributed by atoms with Crippen LogP contribution >= 0.6 is 0 Å². The van der Waals surface area contributed by atoms with E-state index in [2.05, 4.69) is 38.2 Å². The second-order valence-corrected chi connectivity index (χ2v) is 14.4. The lowest BCUT2D eigenvalue weighted by molar-refractivity contribution is -0.132. The molecule has 1 rings (SSSR count). The molecule has 377 valence electrons. The number of urea groups is 1. The molecule has 66 heavy (non-hydrogen) atoms. The van der Waals surface area contributed by atoms with Gasteiger partial charge in [0.1, 0.15) is 12.1 Å². The Labute approximate surface area is 389 Å². The van der Waals surface area contributed by atoms with E-state index in [9.17, 15) is 19.2 Å². The molecule has 5 amide bonds. The van der Waals surface area contributed by atoms with Gasteiger partial charge in [0.05, 0.1) is 145 Å². The van der Waals surface area contributed by atoms with Crippen molar-refractivity contribution in [2.45, 2.75) is 45.2 Å². The Morgan fingerprint density at radius 2 is 1.00 bits per heavy atom. The Balaban J connectivity index is 1.96. The first kappa shape index (κ1) is 59.8. The number of anilines is 1. The van der Waals surface area contributed by atoms with Crippen LogP contribution in [0.25, 0.3) is 10.4 Å². The molecule has 1 aromatic carbocycles. The minimum atomic E-state index is -0.939. The molecule has 0 aromatic heterocycles. The van der Waals surface area contributed by atoms with Gasteiger partial charge in [0.25, 0.3) is 0 Å². The second-order valence-electron chi connectivity index (χ2n) is 14.4. The minimum Gasteiger partial charge on any atom is -0.379 e. The molecule has 0 fully saturated rings. The van der Waals surface area contributed by atoms with Crippen LogP contribution < -0.4 is 27.0 Å². The highest BCUT2D eigenvalue weighted by atomic mass is 16.6. The van der Waals surface area contributed by atoms with Crippen LogP contribution in [-0.4, -0.2) is 194 Å². The van der Waals surface area contributed by atoms with Crippen LogP contribution in [0.3, 0.4) is 0 Å². The maximum absolute atomic E-state index is 13.3. The summed E-state index contributed by atoms with van der Waals surface area (Å²) in [6.07, 6.45) is 0.612. The van der Waals surface area contributed by atoms with Crippen LogP contribution in [0.2, 0.25) is 0 Å². The van der Waals surface area contributed by atoms with Crippen molar-refractivity contribution in [3.63, 3.8) is 0 Å². The number of carbonyl (C=O) groups excluding carboxylic acids is 4. The molecular formula is C43H75N8O15. The zero-order valence-electron chi connectivity index (χ0n) is 38.9. The lowest BCUT2D eigenvalue weighted by Gasteiger charge is -2.25. The van der Waals surface area contributed by atoms with Crippen molar-refractivity contribution < 1.29 is 71.3 Å². The Hall–Kier alpha value is -4.23. The number of benzene rings is 1. The summed E-state index contributed by atoms with van der Waals surface area (Å²) < 4.78 is 60.0. The van der Waals surface area contributed by atoms with Gasteiger partial charge in [-0.3, -0.25) is 14.4 Å². The van der Waals surface area contributed by atoms with Gasteiger partial charge in [-0.1, -0.05) is 31.1 Å². The highest BCUT2D eigenvalue weighted by molar-refractivity contribution is 5.98. The van der Waals surface area contributed by atoms with E-state index >= 15 is 0 Å². The van der Waals surface area contributed by atoms with Crippen molar-refractivity contribution >= 4 is 29.4 Å². The van der Waals surface area contributed by atoms with Gasteiger partial charge in [-0.25, -0.2) is 4.79 Å². The summed E-state index contributed by atoms with van der Waals surface area (Å²) in [5.41, 5.74) is 14.6. The fraction of sp³-hybridized carbons (Fsp3) is 0.744. The van der Waals surface area contributed by atoms with Gasteiger partial charge >= 0.3 is 6.03 Å². The first-order chi connectivity index (χ1) is 32.1. The molecule has 1 radical (unpaired) electrons. The summed E-state index contributed by atoms with van der Waals surface area (Å²) in [7, 11) is 0. The molecule has 6 N–H and O–H groups in total. The molecule has 0 aliphatic carbocycles. The molecule has 0 saturated carbocycles. The third-order valence-corrected chi connectivity index (χ3v) is 8.68. The molecule has 0 bridgehead atoms. The Kier molecular flexibility index (Phi) is 39.3. The fourth-order valence-electron chi connectivity index (χ4n) is 5.26. The van der Waals surface area contributed by atoms with Crippen LogP contribution in [0, 0.1) is 12.8 Å². The Bertz CT molecular complexity index is 1430. The van der Waals surface area contributed by atoms with Gasteiger partial charge in [0.2, 0.25) is 17.7 Å². The van der Waals surface area contributed by atoms with Crippen molar-refractivity contribution in [1.82, 2.24) is 16.0 Å². The highest BCUT2D eigenvalue weighted by Crippen LogP contribution is 2.11. The standard InChI is InChI=1S/C43H75N8O15/c1-35(2)40(42(54)49-38(5-4-11-46-43(44)55)41(53)48-37-8-6-36(3)7-9-37)50-39(52)10-13-56-15-17-58-19-21-60-23-25-62-27-29-64-31-33-66-34-32-65-30-28-63-26-24-61-22-20-59-18-16-57-14-12-47-51-45/h6-9,35,38,40H,3-5,10-34H2,1-2H3,(H,48,53)(H,49,54)(H,50,52)(H3,44,46,55)/t38-,40-/m0/s1. The van der Waals surface area contributed by atoms with Gasteiger partial charge in [-0.15, -0.1) is 0 Å². The van der Waals surface area contributed by atoms with Crippen molar-refractivity contribution in [3.8, 4) is 0 Å². The van der Waals surface area contributed by atoms with Crippen molar-refractivity contribution in [2.75, 3.05) is 164 Å². The lowest BCUT2D eigenvalue weighted by Crippen LogP contribution is -2.54. The number of hydrogen-bond donors (Lipinski definition) is 5. The number of nitrogens with two attached hydrogens (primary N) is 1. The Morgan fingerprint density at radius 1 is 0.606 bits per heavy atom. The quantitative estimate of drug-likeness (QED) is 0.0269. The van der Waals surface area contributed by atoms with Crippen LogP contribution in [0.15, 0.2) is 29.4 Å². The first-order valence-corrected chi connectivity index (χ1v) is 22.4. The number of ether oxygens (including phenoxy) is 11. The van der Waals surface area contributed by atoms with Crippen LogP contribution in [-0.2, 0) is 66.5 Å². The van der Waals surface area contributed by atoms with Crippen LogP contribution in [0.1, 0.15) is 38.7 Å². The smallest absolute Gasteiger partial charge is 0.312 e. The van der Waals surface area contributed by atoms with Gasteiger partial charge in [-0.05, 0) is 48.9 Å². The number of nitrogens with one attached hydrogen (secondary N) is 4. The van der Waals surface area contributed by atoms with E-state index in [0.717, 1.165) is 5.56 Å². The average Bonchev–Trinajstić information content (AvgIpc) is 3.29. The van der Waals surface area contributed by atoms with Gasteiger partial charge < -0.3 is 79.1 Å². The van der Waals surface area contributed by atoms with E-state index in [1.807, 2.05) is 0 Å². The van der Waals surface area contributed by atoms with E-state index in [4.69, 9.17) is 63.4 Å². The van der Waals surface area contributed by atoms with Crippen molar-refractivity contribution in [3.05, 3.63) is 47.2 Å². The first-order valence-electron chi connectivity index (χ1n) is 22.4. The number of hydrogen-bond acceptors (Lipinski definition) is 16. The number of primary amides is 1. The third-order valence-electron chi connectivity index (χ3n) is 8.68. The summed E-state index contributed by atoms with van der Waals surface area (Å²) in [6, 6.07) is 4.37. The number of amides is 5. The molecule has 23 heteroatoms. The normalized spacial score (nSPS) is 12.1. The minimum absolute atomic E-state index is 0.0249. The SMILES string of the molecule is [CH2]c1ccc(NC(=O)[C@H](CCCNC(N)=O)NC(=O)[C@@H](NC(=O)CCOCCOCCOCCOCCOCCOCCOCCOCCOCCOCCOCCN=[N+]=[N-])C(C)C)cc1. The van der Waals surface area contributed by atoms with E-state index < -0.39 is 29.9 Å². The summed E-state index contributed by atoms with van der Waals surface area (Å²) in [4.78, 5) is 52.9. The number of carbonyl (C=O) groups is 4. The predicted molar refractivity (Wildman–Crippen MR) is 243 cm³/mol. The molecule has 23 nitrogen and oxygen atoms in total. The van der Waals surface area contributed by atoms with E-state index in [0.29, 0.717) is 151 Å². The van der Waals surface area contributed by atoms with Gasteiger partial charge in [0.15, 0.2) is 0 Å². The lowest BCUT2D eigenvalue weighted by atomic mass is 10.0. The molecular weight excluding hydrogens is 869 g/mol. The number of nitrogens with zero attached hydrogens (tertiary/aromatic N) is 3. The molecule has 2 atom stereocenters. The fourth-order valence-corrected chi connectivity index (χ4v) is 5.26. The van der Waals surface area contributed by atoms with E-state index in [1.54, 1.807) is 38.1 Å². The number of rotatable bonds is 46. The van der Waals surface area contributed by atoms with E-state index in [1.165, 1.54) is 0 Å². The molecule has 0 heterocycles. The summed E-state index contributed by atoms with van der Waals surface area (Å²) in [5, 5.41) is 14.1. The van der Waals surface area contributed by atoms with Crippen LogP contribution in [0.5, 0.6) is 0 Å². The molecule has 0 aliphatic rings. The maximum atomic E-state index is 13.3. The maximum Gasteiger partial charge on any atom is 0.312 e. The average molecular weight is 944 g/mol. The van der Waals surface area contributed by atoms with Crippen LogP contribution in [0.4, 0.5) is 10.5 Å². The summed E-state index contributed by atoms with van der Waals surface area (Å²) in [6.45, 7) is 17.0. The summed E-state index contributed by atoms with van der Waals surface area (Å²) >= 11 is 0.